The number of rotatable bonds is 7. The van der Waals surface area contributed by atoms with E-state index in [0.717, 1.165) is 45.8 Å². The van der Waals surface area contributed by atoms with Gasteiger partial charge in [-0.05, 0) is 42.3 Å². The summed E-state index contributed by atoms with van der Waals surface area (Å²) in [5.74, 6) is -0.0369. The van der Waals surface area contributed by atoms with E-state index in [1.807, 2.05) is 41.3 Å². The lowest BCUT2D eigenvalue weighted by molar-refractivity contribution is -0.162. The molecule has 0 atom stereocenters. The summed E-state index contributed by atoms with van der Waals surface area (Å²) in [4.78, 5) is 27.9. The van der Waals surface area contributed by atoms with E-state index in [1.165, 1.54) is 4.90 Å². The molecule has 1 fully saturated rings. The number of amides is 1. The van der Waals surface area contributed by atoms with Gasteiger partial charge in [0.05, 0.1) is 17.2 Å². The van der Waals surface area contributed by atoms with E-state index in [4.69, 9.17) is 4.98 Å². The summed E-state index contributed by atoms with van der Waals surface area (Å²) in [5.41, 5.74) is 5.90. The number of pyridine rings is 1. The number of nitrogens with one attached hydrogen (secondary N) is 1. The topological polar surface area (TPSA) is 82.9 Å². The fourth-order valence-corrected chi connectivity index (χ4v) is 4.60. The zero-order chi connectivity index (χ0) is 26.0. The molecule has 1 aliphatic heterocycles. The van der Waals surface area contributed by atoms with Gasteiger partial charge in [0.25, 0.3) is 0 Å². The molecular formula is C26H28F3N7O. The first kappa shape index (κ1) is 24.9. The minimum absolute atomic E-state index is 0.299. The number of hydrogen-bond donors (Lipinski definition) is 1. The molecule has 0 radical (unpaired) electrons. The quantitative estimate of drug-likeness (QED) is 0.405. The molecule has 0 aliphatic carbocycles. The molecule has 8 nitrogen and oxygen atoms in total. The number of H-pyrrole nitrogens is 1. The summed E-state index contributed by atoms with van der Waals surface area (Å²) in [5, 5.41) is 4.35. The molecule has 1 saturated heterocycles. The Kier molecular flexibility index (Phi) is 6.96. The van der Waals surface area contributed by atoms with Crippen molar-refractivity contribution in [2.24, 2.45) is 0 Å². The molecular weight excluding hydrogens is 483 g/mol. The third-order valence-corrected chi connectivity index (χ3v) is 6.53. The van der Waals surface area contributed by atoms with Crippen LogP contribution < -0.4 is 0 Å². The SMILES string of the molecule is CCn1cc(-c2ccc3nc(Cc4cc(CN5CCN(C(=O)CC(F)(F)F)CC5)ccn4)[nH]c3c2)cn1. The van der Waals surface area contributed by atoms with E-state index in [0.29, 0.717) is 39.1 Å². The highest BCUT2D eigenvalue weighted by molar-refractivity contribution is 5.81. The Bertz CT molecular complexity index is 1390. The van der Waals surface area contributed by atoms with Crippen LogP contribution in [0.25, 0.3) is 22.2 Å². The van der Waals surface area contributed by atoms with E-state index >= 15 is 0 Å². The van der Waals surface area contributed by atoms with Gasteiger partial charge in [0.2, 0.25) is 5.91 Å². The second-order valence-corrected chi connectivity index (χ2v) is 9.28. The third kappa shape index (κ3) is 6.16. The molecule has 1 amide bonds. The van der Waals surface area contributed by atoms with Crippen LogP contribution in [-0.4, -0.2) is 72.8 Å². The summed E-state index contributed by atoms with van der Waals surface area (Å²) >= 11 is 0. The Labute approximate surface area is 212 Å². The Balaban J connectivity index is 1.20. The molecule has 5 rings (SSSR count). The van der Waals surface area contributed by atoms with Crippen molar-refractivity contribution in [3.05, 3.63) is 66.0 Å². The number of imidazole rings is 1. The number of hydrogen-bond acceptors (Lipinski definition) is 5. The molecule has 1 aliphatic rings. The zero-order valence-electron chi connectivity index (χ0n) is 20.5. The lowest BCUT2D eigenvalue weighted by Crippen LogP contribution is -2.49. The summed E-state index contributed by atoms with van der Waals surface area (Å²) in [6, 6.07) is 10.1. The lowest BCUT2D eigenvalue weighted by atomic mass is 10.1. The third-order valence-electron chi connectivity index (χ3n) is 6.53. The van der Waals surface area contributed by atoms with Crippen LogP contribution >= 0.6 is 0 Å². The van der Waals surface area contributed by atoms with Crippen molar-refractivity contribution in [1.82, 2.24) is 34.5 Å². The minimum atomic E-state index is -4.47. The number of piperazine rings is 1. The fraction of sp³-hybridized carbons (Fsp3) is 0.385. The molecule has 4 heterocycles. The first-order valence-electron chi connectivity index (χ1n) is 12.3. The zero-order valence-corrected chi connectivity index (χ0v) is 20.5. The van der Waals surface area contributed by atoms with Crippen molar-refractivity contribution < 1.29 is 18.0 Å². The summed E-state index contributed by atoms with van der Waals surface area (Å²) in [7, 11) is 0. The van der Waals surface area contributed by atoms with Crippen LogP contribution in [0.2, 0.25) is 0 Å². The van der Waals surface area contributed by atoms with E-state index in [1.54, 1.807) is 6.20 Å². The van der Waals surface area contributed by atoms with Crippen LogP contribution in [0.3, 0.4) is 0 Å². The van der Waals surface area contributed by atoms with Gasteiger partial charge in [-0.3, -0.25) is 19.4 Å². The van der Waals surface area contributed by atoms with Crippen LogP contribution in [0.4, 0.5) is 13.2 Å². The smallest absolute Gasteiger partial charge is 0.342 e. The van der Waals surface area contributed by atoms with E-state index in [2.05, 4.69) is 33.0 Å². The minimum Gasteiger partial charge on any atom is -0.342 e. The number of aryl methyl sites for hydroxylation is 1. The molecule has 1 N–H and O–H groups in total. The van der Waals surface area contributed by atoms with Gasteiger partial charge in [0, 0.05) is 69.3 Å². The van der Waals surface area contributed by atoms with Crippen molar-refractivity contribution in [2.45, 2.75) is 39.0 Å². The highest BCUT2D eigenvalue weighted by Gasteiger charge is 2.34. The number of benzene rings is 1. The Morgan fingerprint density at radius 2 is 1.89 bits per heavy atom. The molecule has 4 aromatic rings. The van der Waals surface area contributed by atoms with Crippen molar-refractivity contribution in [2.75, 3.05) is 26.2 Å². The second kappa shape index (κ2) is 10.3. The number of carbonyl (C=O) groups excluding carboxylic acids is 1. The highest BCUT2D eigenvalue weighted by Crippen LogP contribution is 2.24. The van der Waals surface area contributed by atoms with Crippen LogP contribution in [0.5, 0.6) is 0 Å². The Morgan fingerprint density at radius 3 is 2.62 bits per heavy atom. The Morgan fingerprint density at radius 1 is 1.08 bits per heavy atom. The fourth-order valence-electron chi connectivity index (χ4n) is 4.60. The predicted octanol–water partition coefficient (Wildman–Crippen LogP) is 4.03. The molecule has 11 heteroatoms. The molecule has 0 unspecified atom stereocenters. The van der Waals surface area contributed by atoms with Crippen LogP contribution in [-0.2, 0) is 24.3 Å². The molecule has 0 saturated carbocycles. The maximum Gasteiger partial charge on any atom is 0.397 e. The van der Waals surface area contributed by atoms with Gasteiger partial charge >= 0.3 is 6.18 Å². The number of halogens is 3. The molecule has 0 spiro atoms. The van der Waals surface area contributed by atoms with Gasteiger partial charge in [0.1, 0.15) is 12.2 Å². The number of nitrogens with zero attached hydrogens (tertiary/aromatic N) is 6. The Hall–Kier alpha value is -3.73. The second-order valence-electron chi connectivity index (χ2n) is 9.28. The van der Waals surface area contributed by atoms with E-state index < -0.39 is 18.5 Å². The van der Waals surface area contributed by atoms with Crippen LogP contribution in [0.1, 0.15) is 30.4 Å². The normalized spacial score (nSPS) is 15.0. The van der Waals surface area contributed by atoms with Crippen molar-refractivity contribution in [3.63, 3.8) is 0 Å². The number of aromatic nitrogens is 5. The number of aromatic amines is 1. The first-order chi connectivity index (χ1) is 17.8. The van der Waals surface area contributed by atoms with Crippen molar-refractivity contribution in [1.29, 1.82) is 0 Å². The van der Waals surface area contributed by atoms with Gasteiger partial charge in [-0.2, -0.15) is 18.3 Å². The van der Waals surface area contributed by atoms with Crippen molar-refractivity contribution >= 4 is 16.9 Å². The van der Waals surface area contributed by atoms with Gasteiger partial charge in [-0.1, -0.05) is 6.07 Å². The predicted molar refractivity (Wildman–Crippen MR) is 133 cm³/mol. The molecule has 1 aromatic carbocycles. The number of alkyl halides is 3. The average molecular weight is 512 g/mol. The molecule has 37 heavy (non-hydrogen) atoms. The summed E-state index contributed by atoms with van der Waals surface area (Å²) in [6.45, 7) is 5.18. The first-order valence-corrected chi connectivity index (χ1v) is 12.3. The molecule has 0 bridgehead atoms. The largest absolute Gasteiger partial charge is 0.397 e. The molecule has 3 aromatic heterocycles. The van der Waals surface area contributed by atoms with Gasteiger partial charge in [0.15, 0.2) is 0 Å². The molecule has 194 valence electrons. The van der Waals surface area contributed by atoms with E-state index in [9.17, 15) is 18.0 Å². The summed E-state index contributed by atoms with van der Waals surface area (Å²) in [6.07, 6.45) is 0.327. The average Bonchev–Trinajstić information content (AvgIpc) is 3.50. The van der Waals surface area contributed by atoms with Gasteiger partial charge in [-0.25, -0.2) is 4.98 Å². The van der Waals surface area contributed by atoms with Crippen LogP contribution in [0.15, 0.2) is 48.9 Å². The number of fused-ring (bicyclic) bond motifs is 1. The van der Waals surface area contributed by atoms with Crippen molar-refractivity contribution in [3.8, 4) is 11.1 Å². The van der Waals surface area contributed by atoms with Gasteiger partial charge in [-0.15, -0.1) is 0 Å². The van der Waals surface area contributed by atoms with E-state index in [-0.39, 0.29) is 0 Å². The monoisotopic (exact) mass is 511 g/mol. The standard InChI is InChI=1S/C26H28F3N7O/c1-2-36-17-20(15-31-36)19-3-4-22-23(12-19)33-24(32-22)13-21-11-18(5-6-30-21)16-34-7-9-35(10-8-34)25(37)14-26(27,28)29/h3-6,11-12,15,17H,2,7-10,13-14,16H2,1H3,(H,32,33). The maximum absolute atomic E-state index is 12.5. The lowest BCUT2D eigenvalue weighted by Gasteiger charge is -2.35. The highest BCUT2D eigenvalue weighted by atomic mass is 19.4. The summed E-state index contributed by atoms with van der Waals surface area (Å²) < 4.78 is 39.4. The maximum atomic E-state index is 12.5. The van der Waals surface area contributed by atoms with Crippen LogP contribution in [0, 0.1) is 0 Å². The van der Waals surface area contributed by atoms with Gasteiger partial charge < -0.3 is 9.88 Å². The number of carbonyl (C=O) groups is 1.